The van der Waals surface area contributed by atoms with Gasteiger partial charge in [0.15, 0.2) is 0 Å². The minimum Gasteiger partial charge on any atom is -0.497 e. The molecule has 0 aliphatic carbocycles. The highest BCUT2D eigenvalue weighted by Crippen LogP contribution is 2.42. The first kappa shape index (κ1) is 28.9. The predicted octanol–water partition coefficient (Wildman–Crippen LogP) is 5.74. The van der Waals surface area contributed by atoms with E-state index < -0.39 is 28.8 Å². The van der Waals surface area contributed by atoms with Crippen molar-refractivity contribution in [3.63, 3.8) is 0 Å². The summed E-state index contributed by atoms with van der Waals surface area (Å²) in [6.07, 6.45) is 0. The number of furan rings is 1. The van der Waals surface area contributed by atoms with Crippen LogP contribution in [0.1, 0.15) is 64.6 Å². The highest BCUT2D eigenvalue weighted by molar-refractivity contribution is 6.33. The fourth-order valence-electron chi connectivity index (χ4n) is 5.08. The lowest BCUT2D eigenvalue weighted by Gasteiger charge is -2.31. The van der Waals surface area contributed by atoms with Crippen LogP contribution in [0.3, 0.4) is 0 Å². The number of hydrogen-bond acceptors (Lipinski definition) is 9. The Balaban J connectivity index is 1.52. The summed E-state index contributed by atoms with van der Waals surface area (Å²) < 4.78 is 16.1. The molecule has 2 heterocycles. The Hall–Kier alpha value is -4.57. The Kier molecular flexibility index (Phi) is 7.36. The summed E-state index contributed by atoms with van der Waals surface area (Å²) in [4.78, 5) is 53.3. The number of nitrogens with zero attached hydrogens (tertiary/aromatic N) is 1. The first-order chi connectivity index (χ1) is 19.8. The van der Waals surface area contributed by atoms with Crippen molar-refractivity contribution in [2.75, 3.05) is 29.8 Å². The number of ether oxygens (including phenoxy) is 2. The molecule has 0 bridgehead atoms. The number of hydrogen-bond donors (Lipinski definition) is 2. The molecular formula is C31H30ClN3O7. The monoisotopic (exact) mass is 591 g/mol. The van der Waals surface area contributed by atoms with E-state index in [1.807, 2.05) is 39.8 Å². The van der Waals surface area contributed by atoms with Crippen LogP contribution in [0.15, 0.2) is 56.5 Å². The quantitative estimate of drug-likeness (QED) is 0.195. The molecule has 42 heavy (non-hydrogen) atoms. The van der Waals surface area contributed by atoms with Crippen molar-refractivity contribution in [2.24, 2.45) is 5.41 Å². The van der Waals surface area contributed by atoms with E-state index >= 15 is 0 Å². The molecule has 3 aromatic carbocycles. The van der Waals surface area contributed by atoms with Crippen molar-refractivity contribution in [2.45, 2.75) is 40.3 Å². The molecule has 218 valence electrons. The predicted molar refractivity (Wildman–Crippen MR) is 160 cm³/mol. The van der Waals surface area contributed by atoms with Crippen LogP contribution in [0.25, 0.3) is 0 Å². The normalized spacial score (nSPS) is 13.7. The lowest BCUT2D eigenvalue weighted by Crippen LogP contribution is -2.39. The third kappa shape index (κ3) is 4.92. The summed E-state index contributed by atoms with van der Waals surface area (Å²) in [5.74, 6) is 0.693. The van der Waals surface area contributed by atoms with Crippen LogP contribution in [0.2, 0.25) is 5.02 Å². The van der Waals surface area contributed by atoms with Gasteiger partial charge in [0, 0.05) is 16.7 Å². The number of fused-ring (bicyclic) bond motifs is 1. The Morgan fingerprint density at radius 3 is 2.36 bits per heavy atom. The minimum absolute atomic E-state index is 0.0323. The number of anilines is 4. The fraction of sp³-hybridized carbons (Fsp3) is 0.290. The van der Waals surface area contributed by atoms with Crippen molar-refractivity contribution in [1.82, 2.24) is 0 Å². The second-order valence-corrected chi connectivity index (χ2v) is 11.5. The van der Waals surface area contributed by atoms with Gasteiger partial charge in [-0.3, -0.25) is 14.4 Å². The van der Waals surface area contributed by atoms with E-state index in [0.29, 0.717) is 27.8 Å². The lowest BCUT2D eigenvalue weighted by molar-refractivity contribution is 0.0601. The standard InChI is InChI=1S/C31H30ClN3O7/c1-15-7-12-22(42-15)28(31(2,3)4)34-25-24(26(36)27(25)37)33-20-11-10-19(32)18-14-35(29(38)23(18)20)21-13-16(40-5)8-9-17(21)30(39)41-6/h7-13,28,33-34H,14H2,1-6H3. The van der Waals surface area contributed by atoms with E-state index in [4.69, 9.17) is 25.5 Å². The first-order valence-corrected chi connectivity index (χ1v) is 13.6. The largest absolute Gasteiger partial charge is 0.497 e. The second kappa shape index (κ2) is 10.7. The summed E-state index contributed by atoms with van der Waals surface area (Å²) in [6, 6.07) is 11.1. The van der Waals surface area contributed by atoms with Crippen LogP contribution < -0.4 is 31.1 Å². The number of esters is 1. The molecular weight excluding hydrogens is 562 g/mol. The molecule has 1 unspecified atom stereocenters. The molecule has 0 spiro atoms. The molecule has 1 aliphatic heterocycles. The highest BCUT2D eigenvalue weighted by Gasteiger charge is 2.37. The van der Waals surface area contributed by atoms with Crippen LogP contribution >= 0.6 is 11.6 Å². The molecule has 0 saturated carbocycles. The molecule has 4 aromatic rings. The zero-order chi connectivity index (χ0) is 30.5. The van der Waals surface area contributed by atoms with Crippen LogP contribution in [-0.4, -0.2) is 26.1 Å². The molecule has 11 heteroatoms. The topological polar surface area (TPSA) is 127 Å². The number of methoxy groups -OCH3 is 2. The van der Waals surface area contributed by atoms with Gasteiger partial charge in [0.25, 0.3) is 16.8 Å². The van der Waals surface area contributed by atoms with E-state index in [0.717, 1.165) is 5.76 Å². The average Bonchev–Trinajstić information content (AvgIpc) is 3.55. The summed E-state index contributed by atoms with van der Waals surface area (Å²) in [5, 5.41) is 6.55. The fourth-order valence-corrected chi connectivity index (χ4v) is 5.30. The third-order valence-electron chi connectivity index (χ3n) is 7.30. The molecule has 0 fully saturated rings. The molecule has 0 saturated heterocycles. The van der Waals surface area contributed by atoms with Gasteiger partial charge in [0.1, 0.15) is 28.6 Å². The van der Waals surface area contributed by atoms with Crippen molar-refractivity contribution in [1.29, 1.82) is 0 Å². The van der Waals surface area contributed by atoms with Gasteiger partial charge in [-0.2, -0.15) is 0 Å². The maximum Gasteiger partial charge on any atom is 0.339 e. The Labute approximate surface area is 246 Å². The smallest absolute Gasteiger partial charge is 0.339 e. The van der Waals surface area contributed by atoms with Gasteiger partial charge >= 0.3 is 5.97 Å². The maximum absolute atomic E-state index is 13.9. The van der Waals surface area contributed by atoms with Crippen molar-refractivity contribution >= 4 is 46.2 Å². The van der Waals surface area contributed by atoms with Gasteiger partial charge in [0.2, 0.25) is 0 Å². The van der Waals surface area contributed by atoms with E-state index in [9.17, 15) is 19.2 Å². The molecule has 0 radical (unpaired) electrons. The summed E-state index contributed by atoms with van der Waals surface area (Å²) in [7, 11) is 2.73. The molecule has 1 amide bonds. The van der Waals surface area contributed by atoms with E-state index in [1.165, 1.54) is 25.2 Å². The maximum atomic E-state index is 13.9. The van der Waals surface area contributed by atoms with Crippen molar-refractivity contribution in [3.8, 4) is 5.75 Å². The number of halogens is 1. The molecule has 10 nitrogen and oxygen atoms in total. The lowest BCUT2D eigenvalue weighted by atomic mass is 9.85. The van der Waals surface area contributed by atoms with Crippen LogP contribution in [0.4, 0.5) is 22.7 Å². The van der Waals surface area contributed by atoms with E-state index in [1.54, 1.807) is 24.3 Å². The number of rotatable bonds is 8. The summed E-state index contributed by atoms with van der Waals surface area (Å²) >= 11 is 6.52. The zero-order valence-corrected chi connectivity index (χ0v) is 24.8. The average molecular weight is 592 g/mol. The number of carbonyl (C=O) groups excluding carboxylic acids is 2. The summed E-state index contributed by atoms with van der Waals surface area (Å²) in [6.45, 7) is 7.85. The molecule has 1 aromatic heterocycles. The second-order valence-electron chi connectivity index (χ2n) is 11.1. The third-order valence-corrected chi connectivity index (χ3v) is 7.66. The van der Waals surface area contributed by atoms with Gasteiger partial charge in [-0.1, -0.05) is 32.4 Å². The van der Waals surface area contributed by atoms with Crippen molar-refractivity contribution < 1.29 is 23.5 Å². The van der Waals surface area contributed by atoms with E-state index in [-0.39, 0.29) is 40.1 Å². The zero-order valence-electron chi connectivity index (χ0n) is 24.0. The summed E-state index contributed by atoms with van der Waals surface area (Å²) in [5.41, 5.74) is -0.186. The molecule has 1 aliphatic rings. The van der Waals surface area contributed by atoms with Crippen molar-refractivity contribution in [3.05, 3.63) is 96.1 Å². The van der Waals surface area contributed by atoms with Gasteiger partial charge in [-0.15, -0.1) is 0 Å². The Bertz CT molecular complexity index is 1790. The van der Waals surface area contributed by atoms with Crippen LogP contribution in [0, 0.1) is 12.3 Å². The number of benzene rings is 2. The Morgan fingerprint density at radius 1 is 1.02 bits per heavy atom. The van der Waals surface area contributed by atoms with Gasteiger partial charge < -0.3 is 29.4 Å². The number of amides is 1. The number of aryl methyl sites for hydroxylation is 1. The SMILES string of the molecule is COC(=O)c1ccc(OC)cc1N1Cc2c(Cl)ccc(Nc3c(NC(c4ccc(C)o4)C(C)(C)C)c(=O)c3=O)c2C1=O. The Morgan fingerprint density at radius 2 is 1.74 bits per heavy atom. The van der Waals surface area contributed by atoms with Gasteiger partial charge in [0.05, 0.1) is 49.3 Å². The first-order valence-electron chi connectivity index (χ1n) is 13.2. The highest BCUT2D eigenvalue weighted by atomic mass is 35.5. The number of nitrogens with one attached hydrogen (secondary N) is 2. The molecule has 2 N–H and O–H groups in total. The minimum atomic E-state index is -0.715. The van der Waals surface area contributed by atoms with Gasteiger partial charge in [-0.25, -0.2) is 4.79 Å². The van der Waals surface area contributed by atoms with Crippen LogP contribution in [-0.2, 0) is 11.3 Å². The molecule has 5 rings (SSSR count). The van der Waals surface area contributed by atoms with Crippen LogP contribution in [0.5, 0.6) is 5.75 Å². The number of carbonyl (C=O) groups is 2. The van der Waals surface area contributed by atoms with E-state index in [2.05, 4.69) is 10.6 Å². The van der Waals surface area contributed by atoms with Gasteiger partial charge in [-0.05, 0) is 48.7 Å². The molecule has 1 atom stereocenters.